The van der Waals surface area contributed by atoms with Crippen molar-refractivity contribution < 1.29 is 0 Å². The highest BCUT2D eigenvalue weighted by atomic mass is 15.5. The largest absolute Gasteiger partial charge is 0.191 e. The number of hydrogen-bond acceptors (Lipinski definition) is 3. The van der Waals surface area contributed by atoms with E-state index >= 15 is 0 Å². The van der Waals surface area contributed by atoms with Gasteiger partial charge in [-0.25, -0.2) is 0 Å². The Morgan fingerprint density at radius 2 is 2.06 bits per heavy atom. The van der Waals surface area contributed by atoms with Gasteiger partial charge in [0.05, 0.1) is 6.54 Å². The molecule has 0 bridgehead atoms. The van der Waals surface area contributed by atoms with Crippen molar-refractivity contribution in [1.29, 1.82) is 5.26 Å². The van der Waals surface area contributed by atoms with Crippen LogP contribution in [-0.4, -0.2) is 15.0 Å². The third-order valence-corrected chi connectivity index (χ3v) is 2.10. The number of nitrogens with zero attached hydrogens (tertiary/aromatic N) is 4. The Kier molecular flexibility index (Phi) is 2.79. The Hall–Kier alpha value is -2.41. The van der Waals surface area contributed by atoms with Gasteiger partial charge in [0.15, 0.2) is 5.69 Å². The monoisotopic (exact) mass is 210 g/mol. The van der Waals surface area contributed by atoms with Gasteiger partial charge in [-0.1, -0.05) is 36.4 Å². The first-order chi connectivity index (χ1) is 7.85. The van der Waals surface area contributed by atoms with Gasteiger partial charge in [0.25, 0.3) is 0 Å². The molecule has 0 N–H and O–H groups in total. The van der Waals surface area contributed by atoms with Crippen LogP contribution in [0.5, 0.6) is 0 Å². The van der Waals surface area contributed by atoms with Gasteiger partial charge in [0.1, 0.15) is 11.8 Å². The normalized spacial score (nSPS) is 9.69. The molecule has 0 saturated heterocycles. The molecule has 16 heavy (non-hydrogen) atoms. The minimum Gasteiger partial charge on any atom is -0.191 e. The summed E-state index contributed by atoms with van der Waals surface area (Å²) < 4.78 is 0. The molecular weight excluding hydrogens is 200 g/mol. The second kappa shape index (κ2) is 4.41. The molecule has 0 radical (unpaired) electrons. The zero-order valence-electron chi connectivity index (χ0n) is 8.67. The molecule has 0 spiro atoms. The predicted molar refractivity (Wildman–Crippen MR) is 60.4 cm³/mol. The van der Waals surface area contributed by atoms with Crippen molar-refractivity contribution >= 4 is 0 Å². The van der Waals surface area contributed by atoms with Crippen LogP contribution in [0.3, 0.4) is 0 Å². The lowest BCUT2D eigenvalue weighted by Gasteiger charge is -1.94. The third-order valence-electron chi connectivity index (χ3n) is 2.10. The average Bonchev–Trinajstić information content (AvgIpc) is 2.74. The fourth-order valence-corrected chi connectivity index (χ4v) is 1.41. The minimum atomic E-state index is 0.341. The van der Waals surface area contributed by atoms with Gasteiger partial charge in [-0.2, -0.15) is 15.2 Å². The van der Waals surface area contributed by atoms with Gasteiger partial charge in [-0.05, 0) is 0 Å². The highest BCUT2D eigenvalue weighted by Gasteiger charge is 2.11. The number of benzene rings is 1. The van der Waals surface area contributed by atoms with Gasteiger partial charge in [-0.3, -0.25) is 0 Å². The standard InChI is InChI=1S/C12H10N4/c1-2-8-16-14-11(9-13)12(15-16)10-6-4-3-5-7-10/h2-7H,1,8H2. The fraction of sp³-hybridized carbons (Fsp3) is 0.0833. The van der Waals surface area contributed by atoms with Gasteiger partial charge in [0, 0.05) is 5.56 Å². The van der Waals surface area contributed by atoms with E-state index in [1.54, 1.807) is 6.08 Å². The van der Waals surface area contributed by atoms with E-state index < -0.39 is 0 Å². The van der Waals surface area contributed by atoms with Crippen molar-refractivity contribution in [2.24, 2.45) is 0 Å². The number of allylic oxidation sites excluding steroid dienone is 1. The second-order valence-electron chi connectivity index (χ2n) is 3.22. The van der Waals surface area contributed by atoms with Crippen LogP contribution in [0.15, 0.2) is 43.0 Å². The fourth-order valence-electron chi connectivity index (χ4n) is 1.41. The molecular formula is C12H10N4. The van der Waals surface area contributed by atoms with Crippen molar-refractivity contribution in [3.63, 3.8) is 0 Å². The molecule has 0 aliphatic rings. The Balaban J connectivity index is 2.48. The van der Waals surface area contributed by atoms with Crippen LogP contribution in [0.2, 0.25) is 0 Å². The van der Waals surface area contributed by atoms with Crippen molar-refractivity contribution in [2.45, 2.75) is 6.54 Å². The summed E-state index contributed by atoms with van der Waals surface area (Å²) in [4.78, 5) is 1.47. The zero-order valence-corrected chi connectivity index (χ0v) is 8.67. The third kappa shape index (κ3) is 1.84. The molecule has 0 saturated carbocycles. The van der Waals surface area contributed by atoms with Crippen LogP contribution in [0, 0.1) is 11.3 Å². The summed E-state index contributed by atoms with van der Waals surface area (Å²) in [5.74, 6) is 0. The van der Waals surface area contributed by atoms with Gasteiger partial charge in [-0.15, -0.1) is 11.7 Å². The lowest BCUT2D eigenvalue weighted by atomic mass is 10.1. The van der Waals surface area contributed by atoms with Crippen LogP contribution in [0.25, 0.3) is 11.3 Å². The predicted octanol–water partition coefficient (Wildman–Crippen LogP) is 2.00. The van der Waals surface area contributed by atoms with Crippen LogP contribution >= 0.6 is 0 Å². The molecule has 2 aromatic rings. The molecule has 0 atom stereocenters. The molecule has 78 valence electrons. The van der Waals surface area contributed by atoms with Crippen molar-refractivity contribution in [2.75, 3.05) is 0 Å². The Labute approximate surface area is 93.4 Å². The van der Waals surface area contributed by atoms with E-state index in [4.69, 9.17) is 5.26 Å². The molecule has 1 aromatic carbocycles. The Morgan fingerprint density at radius 1 is 1.31 bits per heavy atom. The van der Waals surface area contributed by atoms with Crippen LogP contribution < -0.4 is 0 Å². The summed E-state index contributed by atoms with van der Waals surface area (Å²) in [7, 11) is 0. The Bertz CT molecular complexity index is 534. The van der Waals surface area contributed by atoms with E-state index in [-0.39, 0.29) is 0 Å². The number of aromatic nitrogens is 3. The van der Waals surface area contributed by atoms with Crippen LogP contribution in [0.1, 0.15) is 5.69 Å². The summed E-state index contributed by atoms with van der Waals surface area (Å²) in [6, 6.07) is 11.6. The highest BCUT2D eigenvalue weighted by Crippen LogP contribution is 2.18. The van der Waals surface area contributed by atoms with E-state index in [1.807, 2.05) is 36.4 Å². The van der Waals surface area contributed by atoms with Gasteiger partial charge >= 0.3 is 0 Å². The van der Waals surface area contributed by atoms with Gasteiger partial charge < -0.3 is 0 Å². The van der Waals surface area contributed by atoms with E-state index in [2.05, 4.69) is 16.8 Å². The molecule has 2 rings (SSSR count). The van der Waals surface area contributed by atoms with Gasteiger partial charge in [0.2, 0.25) is 0 Å². The quantitative estimate of drug-likeness (QED) is 0.728. The minimum absolute atomic E-state index is 0.341. The number of rotatable bonds is 3. The van der Waals surface area contributed by atoms with Crippen molar-refractivity contribution in [1.82, 2.24) is 15.0 Å². The van der Waals surface area contributed by atoms with E-state index in [9.17, 15) is 0 Å². The number of nitriles is 1. The van der Waals surface area contributed by atoms with E-state index in [1.165, 1.54) is 4.80 Å². The molecule has 1 aromatic heterocycles. The molecule has 0 aliphatic carbocycles. The maximum Gasteiger partial charge on any atom is 0.190 e. The lowest BCUT2D eigenvalue weighted by molar-refractivity contribution is 0.602. The number of hydrogen-bond donors (Lipinski definition) is 0. The zero-order chi connectivity index (χ0) is 11.4. The molecule has 0 fully saturated rings. The van der Waals surface area contributed by atoms with E-state index in [0.29, 0.717) is 17.9 Å². The highest BCUT2D eigenvalue weighted by molar-refractivity contribution is 5.63. The topological polar surface area (TPSA) is 54.5 Å². The maximum atomic E-state index is 8.97. The molecule has 1 heterocycles. The van der Waals surface area contributed by atoms with Crippen LogP contribution in [-0.2, 0) is 6.54 Å². The first-order valence-corrected chi connectivity index (χ1v) is 4.86. The van der Waals surface area contributed by atoms with E-state index in [0.717, 1.165) is 5.56 Å². The average molecular weight is 210 g/mol. The first kappa shape index (κ1) is 10.1. The van der Waals surface area contributed by atoms with Crippen molar-refractivity contribution in [3.8, 4) is 17.3 Å². The summed E-state index contributed by atoms with van der Waals surface area (Å²) in [6.07, 6.45) is 1.69. The summed E-state index contributed by atoms with van der Waals surface area (Å²) in [5.41, 5.74) is 1.85. The second-order valence-corrected chi connectivity index (χ2v) is 3.22. The molecule has 0 amide bonds. The Morgan fingerprint density at radius 3 is 2.69 bits per heavy atom. The first-order valence-electron chi connectivity index (χ1n) is 4.86. The molecule has 0 aliphatic heterocycles. The molecule has 0 unspecified atom stereocenters. The molecule has 4 heteroatoms. The molecule has 4 nitrogen and oxygen atoms in total. The lowest BCUT2D eigenvalue weighted by Crippen LogP contribution is -1.99. The maximum absolute atomic E-state index is 8.97. The SMILES string of the molecule is C=CCn1nc(C#N)c(-c2ccccc2)n1. The summed E-state index contributed by atoms with van der Waals surface area (Å²) in [6.45, 7) is 4.11. The summed E-state index contributed by atoms with van der Waals surface area (Å²) >= 11 is 0. The van der Waals surface area contributed by atoms with Crippen LogP contribution in [0.4, 0.5) is 0 Å². The summed E-state index contributed by atoms with van der Waals surface area (Å²) in [5, 5.41) is 17.3. The smallest absolute Gasteiger partial charge is 0.190 e. The van der Waals surface area contributed by atoms with Crippen molar-refractivity contribution in [3.05, 3.63) is 48.7 Å².